The van der Waals surface area contributed by atoms with Crippen molar-refractivity contribution >= 4 is 34.3 Å². The molecule has 1 aromatic carbocycles. The molecule has 0 saturated heterocycles. The van der Waals surface area contributed by atoms with Crippen molar-refractivity contribution in [1.29, 1.82) is 0 Å². The molecule has 0 aliphatic rings. The lowest BCUT2D eigenvalue weighted by atomic mass is 10.1. The maximum Gasteiger partial charge on any atom is 0.318 e. The highest BCUT2D eigenvalue weighted by molar-refractivity contribution is 8.23. The highest BCUT2D eigenvalue weighted by Crippen LogP contribution is 2.17. The Morgan fingerprint density at radius 1 is 1.33 bits per heavy atom. The van der Waals surface area contributed by atoms with E-state index in [-0.39, 0.29) is 17.3 Å². The van der Waals surface area contributed by atoms with E-state index in [4.69, 9.17) is 12.2 Å². The van der Waals surface area contributed by atoms with Crippen LogP contribution in [0.3, 0.4) is 0 Å². The van der Waals surface area contributed by atoms with E-state index in [1.54, 1.807) is 6.92 Å². The van der Waals surface area contributed by atoms with Gasteiger partial charge in [0.25, 0.3) is 0 Å². The number of carbonyl (C=O) groups is 1. The van der Waals surface area contributed by atoms with E-state index >= 15 is 0 Å². The lowest BCUT2D eigenvalue weighted by Gasteiger charge is -2.17. The van der Waals surface area contributed by atoms with Crippen LogP contribution in [0.5, 0.6) is 0 Å². The number of hydrogen-bond acceptors (Lipinski definition) is 4. The summed E-state index contributed by atoms with van der Waals surface area (Å²) in [5, 5.41) is 2.90. The van der Waals surface area contributed by atoms with E-state index in [2.05, 4.69) is 10.1 Å². The minimum absolute atomic E-state index is 0.121. The molecule has 1 rings (SSSR count). The van der Waals surface area contributed by atoms with Gasteiger partial charge in [-0.25, -0.2) is 0 Å². The fraction of sp³-hybridized carbons (Fsp3) is 0.385. The molecule has 2 atom stereocenters. The summed E-state index contributed by atoms with van der Waals surface area (Å²) in [6.07, 6.45) is 0. The number of thiocarbonyl (C=S) groups is 1. The largest absolute Gasteiger partial charge is 0.468 e. The predicted octanol–water partition coefficient (Wildman–Crippen LogP) is 2.92. The van der Waals surface area contributed by atoms with E-state index < -0.39 is 0 Å². The number of nitrogens with one attached hydrogen (secondary N) is 1. The predicted molar refractivity (Wildman–Crippen MR) is 79.7 cm³/mol. The Morgan fingerprint density at radius 2 is 1.94 bits per heavy atom. The summed E-state index contributed by atoms with van der Waals surface area (Å²) in [5.41, 5.74) is 1.16. The normalized spacial score (nSPS) is 13.5. The molecule has 0 amide bonds. The second-order valence-electron chi connectivity index (χ2n) is 3.85. The Balaban J connectivity index is 2.48. The number of benzene rings is 1. The van der Waals surface area contributed by atoms with Gasteiger partial charge in [0.15, 0.2) is 0 Å². The van der Waals surface area contributed by atoms with Crippen LogP contribution < -0.4 is 5.32 Å². The van der Waals surface area contributed by atoms with Crippen LogP contribution >= 0.6 is 24.0 Å². The molecule has 5 heteroatoms. The molecule has 0 aliphatic carbocycles. The first-order chi connectivity index (χ1) is 8.54. The quantitative estimate of drug-likeness (QED) is 0.679. The number of ether oxygens (including phenoxy) is 1. The van der Waals surface area contributed by atoms with Gasteiger partial charge < -0.3 is 10.1 Å². The third kappa shape index (κ3) is 4.66. The van der Waals surface area contributed by atoms with Gasteiger partial charge in [-0.3, -0.25) is 4.79 Å². The van der Waals surface area contributed by atoms with Gasteiger partial charge in [0.05, 0.1) is 7.11 Å². The van der Waals surface area contributed by atoms with Crippen molar-refractivity contribution in [3.05, 3.63) is 35.9 Å². The van der Waals surface area contributed by atoms with Crippen molar-refractivity contribution in [3.63, 3.8) is 0 Å². The minimum Gasteiger partial charge on any atom is -0.468 e. The van der Waals surface area contributed by atoms with Crippen LogP contribution in [0.15, 0.2) is 30.3 Å². The van der Waals surface area contributed by atoms with E-state index in [0.717, 1.165) is 5.56 Å². The van der Waals surface area contributed by atoms with Crippen LogP contribution in [0.1, 0.15) is 25.5 Å². The van der Waals surface area contributed by atoms with E-state index in [1.807, 2.05) is 37.3 Å². The molecule has 0 bridgehead atoms. The topological polar surface area (TPSA) is 38.3 Å². The molecule has 0 fully saturated rings. The molecule has 1 aromatic rings. The van der Waals surface area contributed by atoms with Crippen LogP contribution in [-0.4, -0.2) is 22.6 Å². The van der Waals surface area contributed by atoms with Gasteiger partial charge in [-0.2, -0.15) is 0 Å². The summed E-state index contributed by atoms with van der Waals surface area (Å²) in [7, 11) is 1.38. The molecule has 0 radical (unpaired) electrons. The lowest BCUT2D eigenvalue weighted by molar-refractivity contribution is -0.139. The molecular formula is C13H17NO2S2. The molecule has 18 heavy (non-hydrogen) atoms. The van der Waals surface area contributed by atoms with E-state index in [1.165, 1.54) is 18.9 Å². The first kappa shape index (κ1) is 15.0. The SMILES string of the molecule is COC(=O)C(C)SC(=S)N[C@@H](C)c1ccccc1. The maximum absolute atomic E-state index is 11.3. The molecule has 98 valence electrons. The molecule has 1 N–H and O–H groups in total. The smallest absolute Gasteiger partial charge is 0.318 e. The zero-order chi connectivity index (χ0) is 13.5. The highest BCUT2D eigenvalue weighted by atomic mass is 32.2. The van der Waals surface area contributed by atoms with Crippen molar-refractivity contribution in [2.24, 2.45) is 0 Å². The van der Waals surface area contributed by atoms with Crippen molar-refractivity contribution in [1.82, 2.24) is 5.32 Å². The number of carbonyl (C=O) groups excluding carboxylic acids is 1. The number of methoxy groups -OCH3 is 1. The number of thioether (sulfide) groups is 1. The fourth-order valence-electron chi connectivity index (χ4n) is 1.41. The molecule has 0 aromatic heterocycles. The molecule has 1 unspecified atom stereocenters. The zero-order valence-electron chi connectivity index (χ0n) is 10.7. The van der Waals surface area contributed by atoms with Crippen molar-refractivity contribution in [2.45, 2.75) is 25.1 Å². The minimum atomic E-state index is -0.294. The van der Waals surface area contributed by atoms with Gasteiger partial charge in [0.1, 0.15) is 9.57 Å². The van der Waals surface area contributed by atoms with Gasteiger partial charge in [-0.15, -0.1) is 0 Å². The first-order valence-corrected chi connectivity index (χ1v) is 6.93. The summed E-state index contributed by atoms with van der Waals surface area (Å²) in [6, 6.07) is 10.1. The average molecular weight is 283 g/mol. The average Bonchev–Trinajstić information content (AvgIpc) is 2.38. The molecule has 0 saturated carbocycles. The maximum atomic E-state index is 11.3. The van der Waals surface area contributed by atoms with Crippen LogP contribution in [0, 0.1) is 0 Å². The van der Waals surface area contributed by atoms with Crippen LogP contribution in [-0.2, 0) is 9.53 Å². The molecular weight excluding hydrogens is 266 g/mol. The number of hydrogen-bond donors (Lipinski definition) is 1. The third-order valence-electron chi connectivity index (χ3n) is 2.45. The van der Waals surface area contributed by atoms with Gasteiger partial charge in [0, 0.05) is 6.04 Å². The van der Waals surface area contributed by atoms with Gasteiger partial charge >= 0.3 is 5.97 Å². The van der Waals surface area contributed by atoms with Gasteiger partial charge in [0.2, 0.25) is 0 Å². The first-order valence-electron chi connectivity index (χ1n) is 5.64. The van der Waals surface area contributed by atoms with Gasteiger partial charge in [-0.1, -0.05) is 54.3 Å². The van der Waals surface area contributed by atoms with Crippen molar-refractivity contribution in [2.75, 3.05) is 7.11 Å². The van der Waals surface area contributed by atoms with E-state index in [9.17, 15) is 4.79 Å². The molecule has 3 nitrogen and oxygen atoms in total. The van der Waals surface area contributed by atoms with Crippen molar-refractivity contribution in [3.8, 4) is 0 Å². The highest BCUT2D eigenvalue weighted by Gasteiger charge is 2.17. The standard InChI is InChI=1S/C13H17NO2S2/c1-9(11-7-5-4-6-8-11)14-13(17)18-10(2)12(15)16-3/h4-10H,1-3H3,(H,14,17)/t9-,10?/m0/s1. The third-order valence-corrected chi connectivity index (χ3v) is 3.74. The second kappa shape index (κ2) is 7.38. The van der Waals surface area contributed by atoms with Crippen LogP contribution in [0.25, 0.3) is 0 Å². The summed E-state index contributed by atoms with van der Waals surface area (Å²) in [6.45, 7) is 3.81. The van der Waals surface area contributed by atoms with Crippen molar-refractivity contribution < 1.29 is 9.53 Å². The van der Waals surface area contributed by atoms with Crippen LogP contribution in [0.4, 0.5) is 0 Å². The van der Waals surface area contributed by atoms with E-state index in [0.29, 0.717) is 4.32 Å². The monoisotopic (exact) mass is 283 g/mol. The second-order valence-corrected chi connectivity index (χ2v) is 5.87. The summed E-state index contributed by atoms with van der Waals surface area (Å²) in [5.74, 6) is -0.267. The Bertz CT molecular complexity index is 409. The fourth-order valence-corrected chi connectivity index (χ4v) is 2.78. The summed E-state index contributed by atoms with van der Waals surface area (Å²) >= 11 is 6.52. The van der Waals surface area contributed by atoms with Gasteiger partial charge in [-0.05, 0) is 19.4 Å². The molecule has 0 spiro atoms. The summed E-state index contributed by atoms with van der Waals surface area (Å²) in [4.78, 5) is 11.3. The number of esters is 1. The van der Waals surface area contributed by atoms with Crippen LogP contribution in [0.2, 0.25) is 0 Å². The number of rotatable bonds is 4. The Kier molecular flexibility index (Phi) is 6.15. The Labute approximate surface area is 117 Å². The Hall–Kier alpha value is -1.07. The lowest BCUT2D eigenvalue weighted by Crippen LogP contribution is -2.26. The Morgan fingerprint density at radius 3 is 2.50 bits per heavy atom. The molecule has 0 aliphatic heterocycles. The summed E-state index contributed by atoms with van der Waals surface area (Å²) < 4.78 is 5.26. The zero-order valence-corrected chi connectivity index (χ0v) is 12.3. The molecule has 0 heterocycles.